The number of carbonyl (C=O) groups excluding carboxylic acids is 1. The van der Waals surface area contributed by atoms with Crippen molar-refractivity contribution >= 4 is 28.6 Å². The van der Waals surface area contributed by atoms with Crippen molar-refractivity contribution in [3.8, 4) is 17.0 Å². The van der Waals surface area contributed by atoms with Gasteiger partial charge in [0.1, 0.15) is 18.0 Å². The highest BCUT2D eigenvalue weighted by molar-refractivity contribution is 7.09. The number of aromatic nitrogens is 3. The summed E-state index contributed by atoms with van der Waals surface area (Å²) in [6.07, 6.45) is 3.88. The van der Waals surface area contributed by atoms with E-state index in [0.717, 1.165) is 33.3 Å². The van der Waals surface area contributed by atoms with Crippen LogP contribution in [0.2, 0.25) is 0 Å². The van der Waals surface area contributed by atoms with Gasteiger partial charge in [0, 0.05) is 34.6 Å². The molecule has 158 valence electrons. The van der Waals surface area contributed by atoms with Gasteiger partial charge in [-0.3, -0.25) is 4.79 Å². The third-order valence-corrected chi connectivity index (χ3v) is 5.73. The highest BCUT2D eigenvalue weighted by atomic mass is 32.1. The Morgan fingerprint density at radius 1 is 1.06 bits per heavy atom. The standard InChI is InChI=1S/C25H20N4O2S/c1-17-26-23(16-32-17)18-8-10-20(11-9-18)28-25(30)19-5-4-6-22(13-19)31-15-21-14-29-12-3-2-7-24(29)27-21/h2-14,16H,15H2,1H3,(H,28,30). The monoisotopic (exact) mass is 440 g/mol. The fraction of sp³-hybridized carbons (Fsp3) is 0.0800. The minimum atomic E-state index is -0.194. The number of hydrogen-bond acceptors (Lipinski definition) is 5. The minimum absolute atomic E-state index is 0.194. The Labute approximate surface area is 189 Å². The number of thiazole rings is 1. The first kappa shape index (κ1) is 20.0. The molecule has 2 aromatic carbocycles. The second-order valence-corrected chi connectivity index (χ2v) is 8.36. The van der Waals surface area contributed by atoms with Crippen molar-refractivity contribution in [1.82, 2.24) is 14.4 Å². The second kappa shape index (κ2) is 8.64. The maximum Gasteiger partial charge on any atom is 0.255 e. The molecule has 0 aliphatic rings. The highest BCUT2D eigenvalue weighted by Gasteiger charge is 2.09. The summed E-state index contributed by atoms with van der Waals surface area (Å²) in [7, 11) is 0. The molecule has 3 heterocycles. The van der Waals surface area contributed by atoms with Crippen LogP contribution in [-0.2, 0) is 6.61 Å². The average Bonchev–Trinajstić information content (AvgIpc) is 3.44. The number of nitrogens with one attached hydrogen (secondary N) is 1. The van der Waals surface area contributed by atoms with Gasteiger partial charge in [-0.2, -0.15) is 0 Å². The first-order valence-electron chi connectivity index (χ1n) is 10.1. The quantitative estimate of drug-likeness (QED) is 0.373. The van der Waals surface area contributed by atoms with Crippen molar-refractivity contribution in [1.29, 1.82) is 0 Å². The van der Waals surface area contributed by atoms with E-state index in [-0.39, 0.29) is 5.91 Å². The summed E-state index contributed by atoms with van der Waals surface area (Å²) in [4.78, 5) is 21.7. The van der Waals surface area contributed by atoms with E-state index < -0.39 is 0 Å². The zero-order chi connectivity index (χ0) is 21.9. The second-order valence-electron chi connectivity index (χ2n) is 7.30. The Balaban J connectivity index is 1.24. The molecule has 5 aromatic rings. The highest BCUT2D eigenvalue weighted by Crippen LogP contribution is 2.23. The Kier molecular flexibility index (Phi) is 5.39. The molecule has 0 saturated heterocycles. The third-order valence-electron chi connectivity index (χ3n) is 4.95. The van der Waals surface area contributed by atoms with Gasteiger partial charge in [-0.15, -0.1) is 11.3 Å². The van der Waals surface area contributed by atoms with E-state index in [0.29, 0.717) is 17.9 Å². The number of aryl methyl sites for hydroxylation is 1. The van der Waals surface area contributed by atoms with Gasteiger partial charge >= 0.3 is 0 Å². The molecule has 0 saturated carbocycles. The zero-order valence-electron chi connectivity index (χ0n) is 17.4. The van der Waals surface area contributed by atoms with Gasteiger partial charge in [-0.25, -0.2) is 9.97 Å². The lowest BCUT2D eigenvalue weighted by atomic mass is 10.1. The van der Waals surface area contributed by atoms with Gasteiger partial charge in [-0.1, -0.05) is 24.3 Å². The molecule has 0 radical (unpaired) electrons. The maximum absolute atomic E-state index is 12.7. The smallest absolute Gasteiger partial charge is 0.255 e. The number of carbonyl (C=O) groups is 1. The van der Waals surface area contributed by atoms with Crippen LogP contribution in [0, 0.1) is 6.92 Å². The Morgan fingerprint density at radius 2 is 1.94 bits per heavy atom. The molecular formula is C25H20N4O2S. The Morgan fingerprint density at radius 3 is 2.72 bits per heavy atom. The van der Waals surface area contributed by atoms with Crippen LogP contribution in [-0.4, -0.2) is 20.3 Å². The van der Waals surface area contributed by atoms with Gasteiger partial charge < -0.3 is 14.5 Å². The fourth-order valence-electron chi connectivity index (χ4n) is 3.36. The summed E-state index contributed by atoms with van der Waals surface area (Å²) in [5.41, 5.74) is 4.91. The lowest BCUT2D eigenvalue weighted by Crippen LogP contribution is -2.12. The molecule has 0 atom stereocenters. The average molecular weight is 441 g/mol. The molecule has 0 aliphatic heterocycles. The largest absolute Gasteiger partial charge is 0.487 e. The summed E-state index contributed by atoms with van der Waals surface area (Å²) in [5, 5.41) is 5.99. The molecule has 0 spiro atoms. The van der Waals surface area contributed by atoms with Crippen LogP contribution in [0.15, 0.2) is 84.5 Å². The van der Waals surface area contributed by atoms with Crippen LogP contribution in [0.5, 0.6) is 5.75 Å². The van der Waals surface area contributed by atoms with E-state index >= 15 is 0 Å². The number of nitrogens with zero attached hydrogens (tertiary/aromatic N) is 3. The lowest BCUT2D eigenvalue weighted by molar-refractivity contribution is 0.102. The van der Waals surface area contributed by atoms with Crippen LogP contribution >= 0.6 is 11.3 Å². The van der Waals surface area contributed by atoms with E-state index in [9.17, 15) is 4.79 Å². The number of pyridine rings is 1. The van der Waals surface area contributed by atoms with Crippen LogP contribution in [0.3, 0.4) is 0 Å². The van der Waals surface area contributed by atoms with Crippen molar-refractivity contribution < 1.29 is 9.53 Å². The van der Waals surface area contributed by atoms with Crippen molar-refractivity contribution in [3.63, 3.8) is 0 Å². The number of amides is 1. The van der Waals surface area contributed by atoms with Gasteiger partial charge in [0.15, 0.2) is 0 Å². The Bertz CT molecular complexity index is 1360. The molecule has 0 fully saturated rings. The number of fused-ring (bicyclic) bond motifs is 1. The molecule has 0 unspecified atom stereocenters. The predicted octanol–water partition coefficient (Wildman–Crippen LogP) is 5.60. The number of hydrogen-bond donors (Lipinski definition) is 1. The molecule has 3 aromatic heterocycles. The molecular weight excluding hydrogens is 420 g/mol. The first-order valence-corrected chi connectivity index (χ1v) is 11.0. The molecule has 32 heavy (non-hydrogen) atoms. The predicted molar refractivity (Wildman–Crippen MR) is 126 cm³/mol. The van der Waals surface area contributed by atoms with Crippen LogP contribution in [0.1, 0.15) is 21.1 Å². The zero-order valence-corrected chi connectivity index (χ0v) is 18.2. The molecule has 1 N–H and O–H groups in total. The molecule has 6 nitrogen and oxygen atoms in total. The van der Waals surface area contributed by atoms with Crippen molar-refractivity contribution in [3.05, 3.63) is 101 Å². The van der Waals surface area contributed by atoms with E-state index in [1.807, 2.05) is 83.7 Å². The number of ether oxygens (including phenoxy) is 1. The van der Waals surface area contributed by atoms with E-state index in [1.165, 1.54) is 0 Å². The molecule has 7 heteroatoms. The number of rotatable bonds is 6. The van der Waals surface area contributed by atoms with Crippen LogP contribution in [0.25, 0.3) is 16.9 Å². The van der Waals surface area contributed by atoms with Gasteiger partial charge in [0.25, 0.3) is 5.91 Å². The van der Waals surface area contributed by atoms with Crippen LogP contribution in [0.4, 0.5) is 5.69 Å². The first-order chi connectivity index (χ1) is 15.6. The van der Waals surface area contributed by atoms with Crippen molar-refractivity contribution in [2.24, 2.45) is 0 Å². The van der Waals surface area contributed by atoms with Crippen molar-refractivity contribution in [2.45, 2.75) is 13.5 Å². The van der Waals surface area contributed by atoms with Gasteiger partial charge in [-0.05, 0) is 49.4 Å². The molecule has 1 amide bonds. The SMILES string of the molecule is Cc1nc(-c2ccc(NC(=O)c3cccc(OCc4cn5ccccc5n4)c3)cc2)cs1. The summed E-state index contributed by atoms with van der Waals surface area (Å²) in [6, 6.07) is 20.7. The van der Waals surface area contributed by atoms with Gasteiger partial charge in [0.2, 0.25) is 0 Å². The molecule has 5 rings (SSSR count). The van der Waals surface area contributed by atoms with E-state index in [1.54, 1.807) is 23.5 Å². The summed E-state index contributed by atoms with van der Waals surface area (Å²) in [5.74, 6) is 0.421. The summed E-state index contributed by atoms with van der Waals surface area (Å²) < 4.78 is 7.82. The number of anilines is 1. The summed E-state index contributed by atoms with van der Waals surface area (Å²) in [6.45, 7) is 2.31. The van der Waals surface area contributed by atoms with E-state index in [2.05, 4.69) is 15.3 Å². The minimum Gasteiger partial charge on any atom is -0.487 e. The van der Waals surface area contributed by atoms with Crippen LogP contribution < -0.4 is 10.1 Å². The third kappa shape index (κ3) is 4.38. The Hall–Kier alpha value is -3.97. The maximum atomic E-state index is 12.7. The number of benzene rings is 2. The molecule has 0 aliphatic carbocycles. The van der Waals surface area contributed by atoms with Gasteiger partial charge in [0.05, 0.1) is 16.4 Å². The topological polar surface area (TPSA) is 68.5 Å². The van der Waals surface area contributed by atoms with Crippen molar-refractivity contribution in [2.75, 3.05) is 5.32 Å². The lowest BCUT2D eigenvalue weighted by Gasteiger charge is -2.08. The number of imidazole rings is 1. The molecule has 0 bridgehead atoms. The fourth-order valence-corrected chi connectivity index (χ4v) is 3.99. The summed E-state index contributed by atoms with van der Waals surface area (Å²) >= 11 is 1.62. The normalized spacial score (nSPS) is 10.9. The van der Waals surface area contributed by atoms with E-state index in [4.69, 9.17) is 4.74 Å².